The molecule has 112 valence electrons. The number of hydrogen-bond acceptors (Lipinski definition) is 5. The molecule has 0 amide bonds. The minimum Gasteiger partial charge on any atom is -0.472 e. The second kappa shape index (κ2) is 6.49. The molecule has 1 atom stereocenters. The highest BCUT2D eigenvalue weighted by atomic mass is 16.3. The third-order valence-electron chi connectivity index (χ3n) is 3.61. The first-order chi connectivity index (χ1) is 10.7. The number of aryl methyl sites for hydroxylation is 1. The molecule has 0 aliphatic rings. The lowest BCUT2D eigenvalue weighted by molar-refractivity contribution is 0.544. The molecule has 0 aromatic carbocycles. The molecule has 3 heterocycles. The minimum absolute atomic E-state index is 0.168. The van der Waals surface area contributed by atoms with E-state index in [4.69, 9.17) is 4.42 Å². The summed E-state index contributed by atoms with van der Waals surface area (Å²) in [6, 6.07) is 5.95. The summed E-state index contributed by atoms with van der Waals surface area (Å²) >= 11 is 0. The van der Waals surface area contributed by atoms with Crippen LogP contribution in [0.5, 0.6) is 0 Å². The van der Waals surface area contributed by atoms with Crippen LogP contribution in [0.15, 0.2) is 53.7 Å². The molecule has 0 aliphatic carbocycles. The summed E-state index contributed by atoms with van der Waals surface area (Å²) < 4.78 is 5.07. The van der Waals surface area contributed by atoms with E-state index < -0.39 is 0 Å². The number of aromatic nitrogens is 3. The lowest BCUT2D eigenvalue weighted by atomic mass is 10.1. The van der Waals surface area contributed by atoms with E-state index in [0.29, 0.717) is 0 Å². The van der Waals surface area contributed by atoms with E-state index in [2.05, 4.69) is 27.2 Å². The van der Waals surface area contributed by atoms with Gasteiger partial charge in [0.15, 0.2) is 5.82 Å². The maximum Gasteiger partial charge on any atom is 0.159 e. The molecule has 3 rings (SSSR count). The molecule has 0 spiro atoms. The van der Waals surface area contributed by atoms with Gasteiger partial charge in [0, 0.05) is 53.6 Å². The van der Waals surface area contributed by atoms with Gasteiger partial charge in [0.05, 0.1) is 12.5 Å². The molecule has 3 aromatic heterocycles. The van der Waals surface area contributed by atoms with Crippen LogP contribution in [-0.2, 0) is 6.54 Å². The third kappa shape index (κ3) is 3.20. The monoisotopic (exact) mass is 294 g/mol. The summed E-state index contributed by atoms with van der Waals surface area (Å²) in [5.74, 6) is 0.727. The van der Waals surface area contributed by atoms with Gasteiger partial charge >= 0.3 is 0 Å². The number of pyridine rings is 1. The number of nitrogens with one attached hydrogen (secondary N) is 1. The zero-order chi connectivity index (χ0) is 15.4. The van der Waals surface area contributed by atoms with Crippen molar-refractivity contribution in [3.63, 3.8) is 0 Å². The van der Waals surface area contributed by atoms with Crippen molar-refractivity contribution in [1.82, 2.24) is 20.3 Å². The van der Waals surface area contributed by atoms with Crippen LogP contribution >= 0.6 is 0 Å². The maximum absolute atomic E-state index is 5.07. The van der Waals surface area contributed by atoms with E-state index >= 15 is 0 Å². The summed E-state index contributed by atoms with van der Waals surface area (Å²) in [7, 11) is 0. The van der Waals surface area contributed by atoms with Gasteiger partial charge in [0.25, 0.3) is 0 Å². The standard InChI is InChI=1S/C17H18N4O/c1-12(19-9-14-5-8-22-11-14)16-10-20-17(21-13(16)2)15-3-6-18-7-4-15/h3-8,10-12,19H,9H2,1-2H3/t12-/m1/s1. The number of nitrogens with zero attached hydrogens (tertiary/aromatic N) is 3. The Hall–Kier alpha value is -2.53. The zero-order valence-electron chi connectivity index (χ0n) is 12.7. The summed E-state index contributed by atoms with van der Waals surface area (Å²) in [6.45, 7) is 4.87. The van der Waals surface area contributed by atoms with E-state index in [-0.39, 0.29) is 6.04 Å². The molecule has 0 aliphatic heterocycles. The van der Waals surface area contributed by atoms with Gasteiger partial charge in [-0.3, -0.25) is 4.98 Å². The van der Waals surface area contributed by atoms with Crippen molar-refractivity contribution >= 4 is 0 Å². The smallest absolute Gasteiger partial charge is 0.159 e. The Labute approximate surface area is 129 Å². The third-order valence-corrected chi connectivity index (χ3v) is 3.61. The van der Waals surface area contributed by atoms with E-state index in [1.807, 2.05) is 31.3 Å². The fourth-order valence-corrected chi connectivity index (χ4v) is 2.32. The second-order valence-electron chi connectivity index (χ2n) is 5.20. The van der Waals surface area contributed by atoms with Crippen LogP contribution in [0.25, 0.3) is 11.4 Å². The Balaban J connectivity index is 1.74. The molecule has 0 saturated carbocycles. The average molecular weight is 294 g/mol. The lowest BCUT2D eigenvalue weighted by Gasteiger charge is -2.15. The van der Waals surface area contributed by atoms with Gasteiger partial charge in [-0.05, 0) is 32.0 Å². The molecule has 0 saturated heterocycles. The van der Waals surface area contributed by atoms with Crippen molar-refractivity contribution in [2.45, 2.75) is 26.4 Å². The Morgan fingerprint density at radius 2 is 2.05 bits per heavy atom. The van der Waals surface area contributed by atoms with E-state index in [1.165, 1.54) is 0 Å². The highest BCUT2D eigenvalue weighted by molar-refractivity contribution is 5.53. The normalized spacial score (nSPS) is 12.3. The van der Waals surface area contributed by atoms with E-state index in [9.17, 15) is 0 Å². The molecule has 0 radical (unpaired) electrons. The highest BCUT2D eigenvalue weighted by Gasteiger charge is 2.11. The Kier molecular flexibility index (Phi) is 4.25. The Morgan fingerprint density at radius 3 is 2.73 bits per heavy atom. The van der Waals surface area contributed by atoms with Crippen molar-refractivity contribution < 1.29 is 4.42 Å². The molecule has 5 heteroatoms. The first-order valence-corrected chi connectivity index (χ1v) is 7.22. The molecule has 1 N–H and O–H groups in total. The van der Waals surface area contributed by atoms with Crippen LogP contribution in [-0.4, -0.2) is 15.0 Å². The van der Waals surface area contributed by atoms with Crippen LogP contribution in [0.2, 0.25) is 0 Å². The maximum atomic E-state index is 5.07. The highest BCUT2D eigenvalue weighted by Crippen LogP contribution is 2.19. The Morgan fingerprint density at radius 1 is 1.23 bits per heavy atom. The second-order valence-corrected chi connectivity index (χ2v) is 5.20. The quantitative estimate of drug-likeness (QED) is 0.782. The fraction of sp³-hybridized carbons (Fsp3) is 0.235. The van der Waals surface area contributed by atoms with Crippen molar-refractivity contribution in [2.24, 2.45) is 0 Å². The summed E-state index contributed by atoms with van der Waals surface area (Å²) in [6.07, 6.45) is 8.81. The molecule has 5 nitrogen and oxygen atoms in total. The van der Waals surface area contributed by atoms with Gasteiger partial charge in [-0.15, -0.1) is 0 Å². The molecule has 0 fully saturated rings. The minimum atomic E-state index is 0.168. The van der Waals surface area contributed by atoms with Gasteiger partial charge in [-0.25, -0.2) is 9.97 Å². The van der Waals surface area contributed by atoms with Crippen LogP contribution in [0.1, 0.15) is 29.8 Å². The van der Waals surface area contributed by atoms with Crippen LogP contribution in [0.4, 0.5) is 0 Å². The molecule has 0 unspecified atom stereocenters. The predicted molar refractivity (Wildman–Crippen MR) is 84.0 cm³/mol. The van der Waals surface area contributed by atoms with Gasteiger partial charge in [0.1, 0.15) is 0 Å². The SMILES string of the molecule is Cc1nc(-c2ccncc2)ncc1[C@@H](C)NCc1ccoc1. The summed E-state index contributed by atoms with van der Waals surface area (Å²) in [5, 5.41) is 3.45. The summed E-state index contributed by atoms with van der Waals surface area (Å²) in [4.78, 5) is 13.1. The first kappa shape index (κ1) is 14.4. The molecule has 0 bridgehead atoms. The molecule has 3 aromatic rings. The first-order valence-electron chi connectivity index (χ1n) is 7.22. The van der Waals surface area contributed by atoms with Gasteiger partial charge in [-0.1, -0.05) is 0 Å². The largest absolute Gasteiger partial charge is 0.472 e. The number of hydrogen-bond donors (Lipinski definition) is 1. The molecule has 22 heavy (non-hydrogen) atoms. The van der Waals surface area contributed by atoms with E-state index in [1.54, 1.807) is 24.9 Å². The number of rotatable bonds is 5. The number of furan rings is 1. The fourth-order valence-electron chi connectivity index (χ4n) is 2.32. The Bertz CT molecular complexity index is 726. The average Bonchev–Trinajstić information content (AvgIpc) is 3.07. The van der Waals surface area contributed by atoms with Gasteiger partial charge in [-0.2, -0.15) is 0 Å². The van der Waals surface area contributed by atoms with Crippen LogP contribution in [0.3, 0.4) is 0 Å². The predicted octanol–water partition coefficient (Wildman–Crippen LogP) is 3.29. The molecular formula is C17H18N4O. The van der Waals surface area contributed by atoms with Crippen LogP contribution < -0.4 is 5.32 Å². The van der Waals surface area contributed by atoms with Crippen molar-refractivity contribution in [3.05, 3.63) is 66.1 Å². The van der Waals surface area contributed by atoms with Crippen LogP contribution in [0, 0.1) is 6.92 Å². The van der Waals surface area contributed by atoms with Gasteiger partial charge < -0.3 is 9.73 Å². The zero-order valence-corrected chi connectivity index (χ0v) is 12.7. The van der Waals surface area contributed by atoms with Crippen molar-refractivity contribution in [1.29, 1.82) is 0 Å². The lowest BCUT2D eigenvalue weighted by Crippen LogP contribution is -2.19. The van der Waals surface area contributed by atoms with Crippen molar-refractivity contribution in [3.8, 4) is 11.4 Å². The summed E-state index contributed by atoms with van der Waals surface area (Å²) in [5.41, 5.74) is 4.18. The van der Waals surface area contributed by atoms with E-state index in [0.717, 1.165) is 34.8 Å². The molecular weight excluding hydrogens is 276 g/mol. The topological polar surface area (TPSA) is 63.8 Å². The van der Waals surface area contributed by atoms with Gasteiger partial charge in [0.2, 0.25) is 0 Å². The van der Waals surface area contributed by atoms with Crippen molar-refractivity contribution in [2.75, 3.05) is 0 Å².